The van der Waals surface area contributed by atoms with E-state index in [0.29, 0.717) is 18.2 Å². The van der Waals surface area contributed by atoms with E-state index in [1.54, 1.807) is 12.1 Å². The number of phenolic OH excluding ortho intramolecular Hbond substituents is 2. The summed E-state index contributed by atoms with van der Waals surface area (Å²) in [7, 11) is 0. The largest absolute Gasteiger partial charge is 0.507 e. The first kappa shape index (κ1) is 21.4. The van der Waals surface area contributed by atoms with Gasteiger partial charge in [0.25, 0.3) is 5.56 Å². The number of aryl methyl sites for hydroxylation is 2. The summed E-state index contributed by atoms with van der Waals surface area (Å²) in [5.41, 5.74) is -0.0789. The van der Waals surface area contributed by atoms with E-state index in [1.165, 1.54) is 6.07 Å². The van der Waals surface area contributed by atoms with Crippen LogP contribution < -0.4 is 5.56 Å². The number of carbonyl (C=O) groups is 2. The summed E-state index contributed by atoms with van der Waals surface area (Å²) in [6, 6.07) is 8.23. The van der Waals surface area contributed by atoms with Crippen molar-refractivity contribution in [2.24, 2.45) is 0 Å². The molecule has 1 aromatic heterocycles. The molecule has 2 aliphatic rings. The van der Waals surface area contributed by atoms with Gasteiger partial charge in [-0.15, -0.1) is 0 Å². The molecular weight excluding hydrogens is 418 g/mol. The lowest BCUT2D eigenvalue weighted by Gasteiger charge is -2.28. The van der Waals surface area contributed by atoms with Crippen molar-refractivity contribution in [1.29, 1.82) is 0 Å². The van der Waals surface area contributed by atoms with Crippen molar-refractivity contribution in [2.45, 2.75) is 63.7 Å². The minimum absolute atomic E-state index is 0.00929. The Labute approximate surface area is 191 Å². The highest BCUT2D eigenvalue weighted by molar-refractivity contribution is 6.34. The Morgan fingerprint density at radius 3 is 2.61 bits per heavy atom. The molecule has 6 heteroatoms. The number of benzene rings is 2. The van der Waals surface area contributed by atoms with E-state index < -0.39 is 22.5 Å². The molecule has 3 aromatic rings. The van der Waals surface area contributed by atoms with Gasteiger partial charge in [0.1, 0.15) is 16.9 Å². The van der Waals surface area contributed by atoms with E-state index >= 15 is 0 Å². The van der Waals surface area contributed by atoms with Gasteiger partial charge in [-0.2, -0.15) is 0 Å². The molecule has 0 bridgehead atoms. The summed E-state index contributed by atoms with van der Waals surface area (Å²) in [6.07, 6.45) is 6.06. The van der Waals surface area contributed by atoms with Crippen molar-refractivity contribution in [1.82, 2.24) is 4.98 Å². The minimum Gasteiger partial charge on any atom is -0.507 e. The number of aromatic hydroxyl groups is 2. The summed E-state index contributed by atoms with van der Waals surface area (Å²) in [5, 5.41) is 22.5. The number of pyridine rings is 1. The van der Waals surface area contributed by atoms with Crippen molar-refractivity contribution in [3.05, 3.63) is 68.6 Å². The molecule has 0 saturated carbocycles. The van der Waals surface area contributed by atoms with Gasteiger partial charge in [-0.3, -0.25) is 14.4 Å². The second-order valence-corrected chi connectivity index (χ2v) is 9.27. The van der Waals surface area contributed by atoms with Gasteiger partial charge >= 0.3 is 0 Å². The molecule has 1 spiro atoms. The smallest absolute Gasteiger partial charge is 0.259 e. The molecule has 0 saturated heterocycles. The molecule has 170 valence electrons. The molecule has 0 fully saturated rings. The van der Waals surface area contributed by atoms with Crippen molar-refractivity contribution in [3.8, 4) is 11.5 Å². The van der Waals surface area contributed by atoms with E-state index in [4.69, 9.17) is 0 Å². The highest BCUT2D eigenvalue weighted by Gasteiger charge is 2.57. The zero-order chi connectivity index (χ0) is 23.3. The van der Waals surface area contributed by atoms with Crippen LogP contribution in [0.1, 0.15) is 83.0 Å². The number of fused-ring (bicyclic) bond motifs is 4. The maximum absolute atomic E-state index is 13.7. The summed E-state index contributed by atoms with van der Waals surface area (Å²) >= 11 is 0. The number of Topliss-reactive ketones (excluding diaryl/α,β-unsaturated/α-hetero) is 2. The molecule has 1 heterocycles. The number of H-pyrrole nitrogens is 1. The van der Waals surface area contributed by atoms with Crippen molar-refractivity contribution >= 4 is 22.3 Å². The van der Waals surface area contributed by atoms with E-state index in [2.05, 4.69) is 11.9 Å². The topological polar surface area (TPSA) is 107 Å². The minimum atomic E-state index is -1.61. The molecule has 6 nitrogen and oxygen atoms in total. The Bertz CT molecular complexity index is 1370. The molecular formula is C27H27NO5. The van der Waals surface area contributed by atoms with Gasteiger partial charge in [-0.05, 0) is 55.2 Å². The number of nitrogens with one attached hydrogen (secondary N) is 1. The van der Waals surface area contributed by atoms with Gasteiger partial charge in [-0.1, -0.05) is 44.4 Å². The molecule has 2 aliphatic carbocycles. The first-order valence-electron chi connectivity index (χ1n) is 11.7. The van der Waals surface area contributed by atoms with Crippen LogP contribution in [0.15, 0.2) is 35.1 Å². The van der Waals surface area contributed by atoms with Crippen LogP contribution in [0.5, 0.6) is 11.5 Å². The van der Waals surface area contributed by atoms with Gasteiger partial charge < -0.3 is 15.2 Å². The highest BCUT2D eigenvalue weighted by Crippen LogP contribution is 2.52. The Morgan fingerprint density at radius 2 is 1.85 bits per heavy atom. The van der Waals surface area contributed by atoms with Gasteiger partial charge in [-0.25, -0.2) is 0 Å². The Kier molecular flexibility index (Phi) is 5.11. The first-order valence-corrected chi connectivity index (χ1v) is 11.7. The number of aromatic nitrogens is 1. The Hall–Kier alpha value is -3.41. The standard InChI is InChI=1S/C27H27NO5/c1-2-3-4-9-17-14-16-13-15-8-5-6-12-27(22(15)23(30)20(16)26(33)28-17)24(31)18-10-7-11-19(29)21(18)25(27)32/h7,10-11,13-14,29-30H,2-6,8-9,12H2,1H3,(H,28,33). The maximum Gasteiger partial charge on any atom is 0.259 e. The number of aromatic amines is 1. The quantitative estimate of drug-likeness (QED) is 0.398. The van der Waals surface area contributed by atoms with Gasteiger partial charge in [0.2, 0.25) is 0 Å². The molecule has 33 heavy (non-hydrogen) atoms. The normalized spacial score (nSPS) is 19.7. The van der Waals surface area contributed by atoms with Crippen LogP contribution >= 0.6 is 0 Å². The fraction of sp³-hybridized carbons (Fsp3) is 0.370. The average molecular weight is 446 g/mol. The van der Waals surface area contributed by atoms with Crippen LogP contribution in [0.25, 0.3) is 10.8 Å². The predicted octanol–water partition coefficient (Wildman–Crippen LogP) is 4.72. The van der Waals surface area contributed by atoms with Crippen LogP contribution in [0.3, 0.4) is 0 Å². The Morgan fingerprint density at radius 1 is 1.03 bits per heavy atom. The van der Waals surface area contributed by atoms with Gasteiger partial charge in [0, 0.05) is 16.8 Å². The fourth-order valence-electron chi connectivity index (χ4n) is 5.70. The van der Waals surface area contributed by atoms with Crippen LogP contribution in [-0.2, 0) is 18.3 Å². The third-order valence-electron chi connectivity index (χ3n) is 7.26. The molecule has 5 rings (SSSR count). The molecule has 1 atom stereocenters. The fourth-order valence-corrected chi connectivity index (χ4v) is 5.70. The van der Waals surface area contributed by atoms with Crippen molar-refractivity contribution in [2.75, 3.05) is 0 Å². The van der Waals surface area contributed by atoms with Crippen LogP contribution in [0.2, 0.25) is 0 Å². The van der Waals surface area contributed by atoms with Crippen LogP contribution in [-0.4, -0.2) is 26.8 Å². The highest BCUT2D eigenvalue weighted by atomic mass is 16.3. The predicted molar refractivity (Wildman–Crippen MR) is 125 cm³/mol. The number of hydrogen-bond acceptors (Lipinski definition) is 5. The molecule has 1 unspecified atom stereocenters. The number of carbonyl (C=O) groups excluding carboxylic acids is 2. The number of rotatable bonds is 4. The number of phenols is 2. The molecule has 3 N–H and O–H groups in total. The lowest BCUT2D eigenvalue weighted by Crippen LogP contribution is -2.39. The molecule has 0 radical (unpaired) electrons. The van der Waals surface area contributed by atoms with Crippen molar-refractivity contribution in [3.63, 3.8) is 0 Å². The number of unbranched alkanes of at least 4 members (excludes halogenated alkanes) is 2. The van der Waals surface area contributed by atoms with Crippen molar-refractivity contribution < 1.29 is 19.8 Å². The molecule has 0 amide bonds. The van der Waals surface area contributed by atoms with Crippen LogP contribution in [0.4, 0.5) is 0 Å². The first-order chi connectivity index (χ1) is 15.9. The van der Waals surface area contributed by atoms with Gasteiger partial charge in [0.05, 0.1) is 10.9 Å². The van der Waals surface area contributed by atoms with E-state index in [1.807, 2.05) is 12.1 Å². The summed E-state index contributed by atoms with van der Waals surface area (Å²) < 4.78 is 0. The lowest BCUT2D eigenvalue weighted by molar-refractivity contribution is 0.0779. The zero-order valence-electron chi connectivity index (χ0n) is 18.7. The lowest BCUT2D eigenvalue weighted by atomic mass is 9.71. The monoisotopic (exact) mass is 445 g/mol. The summed E-state index contributed by atoms with van der Waals surface area (Å²) in [6.45, 7) is 2.12. The third kappa shape index (κ3) is 3.04. The van der Waals surface area contributed by atoms with Crippen LogP contribution in [0, 0.1) is 0 Å². The molecule has 0 aliphatic heterocycles. The average Bonchev–Trinajstić information content (AvgIpc) is 2.91. The maximum atomic E-state index is 13.7. The van der Waals surface area contributed by atoms with Gasteiger partial charge in [0.15, 0.2) is 11.6 Å². The van der Waals surface area contributed by atoms with E-state index in [0.717, 1.165) is 43.4 Å². The third-order valence-corrected chi connectivity index (χ3v) is 7.26. The Balaban J connectivity index is 1.75. The SMILES string of the molecule is CCCCCc1cc2cc3c(c(O)c2c(=O)[nH]1)C1(CCCC3)C(=O)c2cccc(O)c2C1=O. The second-order valence-electron chi connectivity index (χ2n) is 9.27. The second kappa shape index (κ2) is 7.87. The summed E-state index contributed by atoms with van der Waals surface area (Å²) in [4.78, 5) is 43.3. The molecule has 2 aromatic carbocycles. The van der Waals surface area contributed by atoms with E-state index in [9.17, 15) is 24.6 Å². The zero-order valence-corrected chi connectivity index (χ0v) is 18.7. The van der Waals surface area contributed by atoms with E-state index in [-0.39, 0.29) is 40.0 Å². The number of ketones is 2. The summed E-state index contributed by atoms with van der Waals surface area (Å²) in [5.74, 6) is -1.43. The number of hydrogen-bond donors (Lipinski definition) is 3.